The molecular weight excluding hydrogens is 316 g/mol. The molecule has 2 N–H and O–H groups in total. The fourth-order valence-corrected chi connectivity index (χ4v) is 3.50. The molecule has 138 valence electrons. The summed E-state index contributed by atoms with van der Waals surface area (Å²) in [4.78, 5) is 19.0. The number of para-hydroxylation sites is 1. The number of aliphatic hydroxyl groups is 1. The third kappa shape index (κ3) is 5.09. The summed E-state index contributed by atoms with van der Waals surface area (Å²) >= 11 is 0. The highest BCUT2D eigenvalue weighted by molar-refractivity contribution is 5.75. The van der Waals surface area contributed by atoms with E-state index < -0.39 is 0 Å². The van der Waals surface area contributed by atoms with E-state index in [2.05, 4.69) is 46.3 Å². The van der Waals surface area contributed by atoms with Gasteiger partial charge in [-0.3, -0.25) is 4.90 Å². The smallest absolute Gasteiger partial charge is 0.317 e. The average molecular weight is 346 g/mol. The first kappa shape index (κ1) is 18.0. The molecule has 6 heteroatoms. The molecule has 3 rings (SSSR count). The van der Waals surface area contributed by atoms with Gasteiger partial charge in [0.15, 0.2) is 0 Å². The topological polar surface area (TPSA) is 59.0 Å². The number of hydrogen-bond donors (Lipinski definition) is 2. The molecule has 25 heavy (non-hydrogen) atoms. The summed E-state index contributed by atoms with van der Waals surface area (Å²) in [6.07, 6.45) is 2.12. The predicted molar refractivity (Wildman–Crippen MR) is 99.9 cm³/mol. The first-order chi connectivity index (χ1) is 12.2. The molecule has 0 radical (unpaired) electrons. The van der Waals surface area contributed by atoms with Gasteiger partial charge in [0.1, 0.15) is 0 Å². The Hall–Kier alpha value is -1.79. The van der Waals surface area contributed by atoms with Crippen LogP contribution in [0.25, 0.3) is 0 Å². The van der Waals surface area contributed by atoms with Crippen molar-refractivity contribution in [1.82, 2.24) is 15.1 Å². The van der Waals surface area contributed by atoms with E-state index in [0.717, 1.165) is 45.6 Å². The Balaban J connectivity index is 1.41. The second kappa shape index (κ2) is 8.54. The number of piperazine rings is 1. The highest BCUT2D eigenvalue weighted by Crippen LogP contribution is 2.26. The first-order valence-corrected chi connectivity index (χ1v) is 9.37. The number of carbonyl (C=O) groups is 1. The van der Waals surface area contributed by atoms with E-state index in [4.69, 9.17) is 5.11 Å². The number of hydrogen-bond acceptors (Lipinski definition) is 4. The van der Waals surface area contributed by atoms with Gasteiger partial charge in [-0.2, -0.15) is 0 Å². The quantitative estimate of drug-likeness (QED) is 0.783. The normalized spacial score (nSPS) is 19.5. The van der Waals surface area contributed by atoms with Gasteiger partial charge in [-0.1, -0.05) is 18.2 Å². The van der Waals surface area contributed by atoms with E-state index in [-0.39, 0.29) is 18.7 Å². The van der Waals surface area contributed by atoms with Gasteiger partial charge in [0, 0.05) is 57.0 Å². The van der Waals surface area contributed by atoms with E-state index in [1.807, 2.05) is 6.07 Å². The average Bonchev–Trinajstić information content (AvgIpc) is 3.46. The molecule has 0 aromatic heterocycles. The molecule has 6 nitrogen and oxygen atoms in total. The van der Waals surface area contributed by atoms with Crippen LogP contribution in [0.4, 0.5) is 10.5 Å². The van der Waals surface area contributed by atoms with Gasteiger partial charge in [0.05, 0.1) is 6.61 Å². The molecule has 1 aromatic rings. The highest BCUT2D eigenvalue weighted by Gasteiger charge is 2.32. The van der Waals surface area contributed by atoms with Crippen molar-refractivity contribution in [2.75, 3.05) is 50.8 Å². The van der Waals surface area contributed by atoms with Crippen molar-refractivity contribution in [3.63, 3.8) is 0 Å². The Labute approximate surface area is 150 Å². The zero-order valence-electron chi connectivity index (χ0n) is 15.1. The summed E-state index contributed by atoms with van der Waals surface area (Å²) in [7, 11) is 0. The van der Waals surface area contributed by atoms with E-state index in [9.17, 15) is 4.79 Å². The van der Waals surface area contributed by atoms with Crippen molar-refractivity contribution in [2.24, 2.45) is 0 Å². The zero-order valence-corrected chi connectivity index (χ0v) is 15.1. The molecule has 1 aliphatic heterocycles. The number of urea groups is 1. The van der Waals surface area contributed by atoms with Gasteiger partial charge in [-0.05, 0) is 31.9 Å². The Morgan fingerprint density at radius 1 is 1.24 bits per heavy atom. The fraction of sp³-hybridized carbons (Fsp3) is 0.632. The van der Waals surface area contributed by atoms with Crippen LogP contribution in [0.2, 0.25) is 0 Å². The number of amides is 2. The molecular formula is C19H30N4O2. The third-order valence-electron chi connectivity index (χ3n) is 4.98. The number of benzene rings is 1. The summed E-state index contributed by atoms with van der Waals surface area (Å²) in [6, 6.07) is 10.9. The van der Waals surface area contributed by atoms with Crippen molar-refractivity contribution in [1.29, 1.82) is 0 Å². The number of carbonyl (C=O) groups excluding carboxylic acids is 1. The molecule has 2 fully saturated rings. The molecule has 0 bridgehead atoms. The van der Waals surface area contributed by atoms with Crippen LogP contribution in [0.1, 0.15) is 19.8 Å². The molecule has 1 unspecified atom stereocenters. The van der Waals surface area contributed by atoms with E-state index in [0.29, 0.717) is 12.6 Å². The number of nitrogens with one attached hydrogen (secondary N) is 1. The zero-order chi connectivity index (χ0) is 17.6. The van der Waals surface area contributed by atoms with Gasteiger partial charge < -0.3 is 20.2 Å². The Kier molecular flexibility index (Phi) is 6.15. The van der Waals surface area contributed by atoms with Crippen LogP contribution in [-0.2, 0) is 0 Å². The van der Waals surface area contributed by atoms with Gasteiger partial charge >= 0.3 is 6.03 Å². The van der Waals surface area contributed by atoms with Crippen LogP contribution >= 0.6 is 0 Å². The minimum atomic E-state index is -0.0352. The summed E-state index contributed by atoms with van der Waals surface area (Å²) in [5.74, 6) is 0. The van der Waals surface area contributed by atoms with Crippen LogP contribution in [0.3, 0.4) is 0 Å². The largest absolute Gasteiger partial charge is 0.395 e. The van der Waals surface area contributed by atoms with Crippen LogP contribution in [0.15, 0.2) is 30.3 Å². The Bertz CT molecular complexity index is 542. The number of rotatable bonds is 7. The molecule has 1 aromatic carbocycles. The molecule has 1 atom stereocenters. The maximum absolute atomic E-state index is 12.4. The summed E-state index contributed by atoms with van der Waals surface area (Å²) in [5, 5.41) is 12.2. The summed E-state index contributed by atoms with van der Waals surface area (Å²) < 4.78 is 0. The van der Waals surface area contributed by atoms with E-state index in [1.54, 1.807) is 4.90 Å². The number of aliphatic hydroxyl groups excluding tert-OH is 1. The SMILES string of the molecule is CC(CN1CCN(c2ccccc2)CC1)NC(=O)N(CCO)C1CC1. The highest BCUT2D eigenvalue weighted by atomic mass is 16.3. The van der Waals surface area contributed by atoms with Gasteiger partial charge in [0.25, 0.3) is 0 Å². The van der Waals surface area contributed by atoms with Crippen molar-refractivity contribution in [3.8, 4) is 0 Å². The summed E-state index contributed by atoms with van der Waals surface area (Å²) in [5.41, 5.74) is 1.28. The fourth-order valence-electron chi connectivity index (χ4n) is 3.50. The molecule has 1 saturated carbocycles. The van der Waals surface area contributed by atoms with Gasteiger partial charge in [0.2, 0.25) is 0 Å². The standard InChI is InChI=1S/C19H30N4O2/c1-16(20-19(25)23(13-14-24)18-7-8-18)15-21-9-11-22(12-10-21)17-5-3-2-4-6-17/h2-6,16,18,24H,7-15H2,1H3,(H,20,25). The second-order valence-corrected chi connectivity index (χ2v) is 7.12. The summed E-state index contributed by atoms with van der Waals surface area (Å²) in [6.45, 7) is 7.44. The first-order valence-electron chi connectivity index (χ1n) is 9.37. The van der Waals surface area contributed by atoms with Crippen LogP contribution in [-0.4, -0.2) is 78.9 Å². The van der Waals surface area contributed by atoms with Crippen LogP contribution in [0, 0.1) is 0 Å². The monoisotopic (exact) mass is 346 g/mol. The van der Waals surface area contributed by atoms with Crippen molar-refractivity contribution in [3.05, 3.63) is 30.3 Å². The lowest BCUT2D eigenvalue weighted by molar-refractivity contribution is 0.166. The van der Waals surface area contributed by atoms with E-state index in [1.165, 1.54) is 5.69 Å². The third-order valence-corrected chi connectivity index (χ3v) is 4.98. The van der Waals surface area contributed by atoms with Crippen LogP contribution in [0.5, 0.6) is 0 Å². The molecule has 1 heterocycles. The predicted octanol–water partition coefficient (Wildman–Crippen LogP) is 1.36. The molecule has 2 aliphatic rings. The van der Waals surface area contributed by atoms with E-state index >= 15 is 0 Å². The minimum absolute atomic E-state index is 0.0275. The Morgan fingerprint density at radius 2 is 1.92 bits per heavy atom. The molecule has 0 spiro atoms. The maximum Gasteiger partial charge on any atom is 0.317 e. The lowest BCUT2D eigenvalue weighted by Gasteiger charge is -2.37. The van der Waals surface area contributed by atoms with Crippen molar-refractivity contribution >= 4 is 11.7 Å². The van der Waals surface area contributed by atoms with Gasteiger partial charge in [-0.25, -0.2) is 4.79 Å². The molecule has 2 amide bonds. The lowest BCUT2D eigenvalue weighted by Crippen LogP contribution is -2.53. The van der Waals surface area contributed by atoms with Crippen LogP contribution < -0.4 is 10.2 Å². The van der Waals surface area contributed by atoms with Gasteiger partial charge in [-0.15, -0.1) is 0 Å². The Morgan fingerprint density at radius 3 is 2.52 bits per heavy atom. The molecule has 1 saturated heterocycles. The lowest BCUT2D eigenvalue weighted by atomic mass is 10.2. The minimum Gasteiger partial charge on any atom is -0.395 e. The van der Waals surface area contributed by atoms with Crippen molar-refractivity contribution < 1.29 is 9.90 Å². The number of anilines is 1. The number of nitrogens with zero attached hydrogens (tertiary/aromatic N) is 3. The maximum atomic E-state index is 12.4. The molecule has 1 aliphatic carbocycles. The van der Waals surface area contributed by atoms with Crippen molar-refractivity contribution in [2.45, 2.75) is 31.8 Å². The second-order valence-electron chi connectivity index (χ2n) is 7.12.